The third-order valence-electron chi connectivity index (χ3n) is 5.05. The Bertz CT molecular complexity index is 774. The van der Waals surface area contributed by atoms with Crippen LogP contribution in [0.15, 0.2) is 29.4 Å². The highest BCUT2D eigenvalue weighted by Crippen LogP contribution is 2.52. The lowest BCUT2D eigenvalue weighted by atomic mass is 9.85. The zero-order valence-electron chi connectivity index (χ0n) is 12.8. The maximum absolute atomic E-state index is 12.5. The number of phenolic OH excluding ortho intramolecular Hbond substituents is 1. The predicted octanol–water partition coefficient (Wildman–Crippen LogP) is 2.20. The van der Waals surface area contributed by atoms with Gasteiger partial charge in [-0.2, -0.15) is 10.1 Å². The lowest BCUT2D eigenvalue weighted by Crippen LogP contribution is -2.28. The van der Waals surface area contributed by atoms with Crippen molar-refractivity contribution in [3.8, 4) is 11.5 Å². The number of nitrogens with zero attached hydrogens (tertiary/aromatic N) is 2. The number of halogens is 1. The van der Waals surface area contributed by atoms with E-state index < -0.39 is 0 Å². The number of ether oxygens (including phenoxy) is 1. The number of fused-ring (bicyclic) bond motifs is 5. The average molecular weight is 347 g/mol. The molecule has 1 saturated carbocycles. The summed E-state index contributed by atoms with van der Waals surface area (Å²) in [4.78, 5) is 25.1. The standard InChI is InChI=1S/C17H15ClN2O4/c1-24-12-6-11(18)5-10(15(12)21)7-19-20-16(22)13-8-2-3-9(4-8)14(13)17(20)23/h2-3,5-9,13-14,21H,4H2,1H3/b19-7+. The first-order valence-electron chi connectivity index (χ1n) is 7.68. The molecule has 6 nitrogen and oxygen atoms in total. The van der Waals surface area contributed by atoms with Gasteiger partial charge in [0.1, 0.15) is 0 Å². The Hall–Kier alpha value is -2.34. The number of imide groups is 1. The van der Waals surface area contributed by atoms with Crippen LogP contribution in [-0.4, -0.2) is 35.3 Å². The number of aromatic hydroxyl groups is 1. The number of amides is 2. The summed E-state index contributed by atoms with van der Waals surface area (Å²) in [6.45, 7) is 0. The quantitative estimate of drug-likeness (QED) is 0.517. The predicted molar refractivity (Wildman–Crippen MR) is 86.8 cm³/mol. The molecular weight excluding hydrogens is 332 g/mol. The Balaban J connectivity index is 1.63. The summed E-state index contributed by atoms with van der Waals surface area (Å²) >= 11 is 5.97. The second kappa shape index (κ2) is 5.34. The summed E-state index contributed by atoms with van der Waals surface area (Å²) in [5.74, 6) is -0.820. The molecule has 4 atom stereocenters. The minimum Gasteiger partial charge on any atom is -0.504 e. The first-order valence-corrected chi connectivity index (χ1v) is 8.05. The summed E-state index contributed by atoms with van der Waals surface area (Å²) in [7, 11) is 1.41. The van der Waals surface area contributed by atoms with Gasteiger partial charge in [0.15, 0.2) is 11.5 Å². The van der Waals surface area contributed by atoms with Gasteiger partial charge in [-0.15, -0.1) is 0 Å². The van der Waals surface area contributed by atoms with Crippen molar-refractivity contribution in [1.82, 2.24) is 5.01 Å². The Kier molecular flexibility index (Phi) is 3.38. The molecule has 7 heteroatoms. The fourth-order valence-corrected chi connectivity index (χ4v) is 4.19. The third-order valence-corrected chi connectivity index (χ3v) is 5.27. The normalized spacial score (nSPS) is 30.7. The van der Waals surface area contributed by atoms with Crippen molar-refractivity contribution in [1.29, 1.82) is 0 Å². The molecule has 2 aliphatic carbocycles. The number of carbonyl (C=O) groups excluding carboxylic acids is 2. The number of phenols is 1. The van der Waals surface area contributed by atoms with Crippen molar-refractivity contribution in [2.24, 2.45) is 28.8 Å². The van der Waals surface area contributed by atoms with Gasteiger partial charge in [0, 0.05) is 16.7 Å². The second-order valence-electron chi connectivity index (χ2n) is 6.28. The zero-order valence-corrected chi connectivity index (χ0v) is 13.6. The maximum Gasteiger partial charge on any atom is 0.254 e. The second-order valence-corrected chi connectivity index (χ2v) is 6.72. The summed E-state index contributed by atoms with van der Waals surface area (Å²) in [5, 5.41) is 15.4. The largest absolute Gasteiger partial charge is 0.504 e. The molecular formula is C17H15ClN2O4. The average Bonchev–Trinajstić information content (AvgIpc) is 3.23. The van der Waals surface area contributed by atoms with E-state index in [0.717, 1.165) is 11.4 Å². The van der Waals surface area contributed by atoms with E-state index in [-0.39, 0.29) is 52.5 Å². The number of carbonyl (C=O) groups is 2. The summed E-state index contributed by atoms with van der Waals surface area (Å²) in [6, 6.07) is 2.95. The molecule has 1 aliphatic heterocycles. The molecule has 1 saturated heterocycles. The zero-order chi connectivity index (χ0) is 17.0. The first-order chi connectivity index (χ1) is 11.5. The fourth-order valence-electron chi connectivity index (χ4n) is 3.97. The molecule has 1 heterocycles. The van der Waals surface area contributed by atoms with Crippen LogP contribution in [0.1, 0.15) is 12.0 Å². The highest BCUT2D eigenvalue weighted by atomic mass is 35.5. The fraction of sp³-hybridized carbons (Fsp3) is 0.353. The summed E-state index contributed by atoms with van der Waals surface area (Å²) in [6.07, 6.45) is 6.18. The van der Waals surface area contributed by atoms with Crippen molar-refractivity contribution in [3.63, 3.8) is 0 Å². The van der Waals surface area contributed by atoms with Gasteiger partial charge in [-0.25, -0.2) is 0 Å². The van der Waals surface area contributed by atoms with Crippen LogP contribution in [0, 0.1) is 23.7 Å². The van der Waals surface area contributed by atoms with Crippen LogP contribution in [0.3, 0.4) is 0 Å². The van der Waals surface area contributed by atoms with Crippen LogP contribution in [0.4, 0.5) is 0 Å². The number of rotatable bonds is 3. The van der Waals surface area contributed by atoms with Crippen molar-refractivity contribution >= 4 is 29.6 Å². The molecule has 4 unspecified atom stereocenters. The number of hydrogen-bond donors (Lipinski definition) is 1. The van der Waals surface area contributed by atoms with Gasteiger partial charge in [0.05, 0.1) is 25.2 Å². The molecule has 2 amide bonds. The van der Waals surface area contributed by atoms with E-state index in [0.29, 0.717) is 5.02 Å². The van der Waals surface area contributed by atoms with Gasteiger partial charge in [-0.05, 0) is 24.3 Å². The van der Waals surface area contributed by atoms with E-state index >= 15 is 0 Å². The number of benzene rings is 1. The van der Waals surface area contributed by atoms with E-state index in [1.54, 1.807) is 0 Å². The van der Waals surface area contributed by atoms with Crippen LogP contribution in [0.2, 0.25) is 5.02 Å². The van der Waals surface area contributed by atoms with Gasteiger partial charge in [0.25, 0.3) is 11.8 Å². The molecule has 3 aliphatic rings. The van der Waals surface area contributed by atoms with Gasteiger partial charge in [-0.3, -0.25) is 9.59 Å². The Morgan fingerprint density at radius 2 is 1.88 bits per heavy atom. The van der Waals surface area contributed by atoms with Gasteiger partial charge < -0.3 is 9.84 Å². The van der Waals surface area contributed by atoms with Crippen LogP contribution < -0.4 is 4.74 Å². The molecule has 0 aromatic heterocycles. The lowest BCUT2D eigenvalue weighted by molar-refractivity contribution is -0.140. The number of hydrazone groups is 1. The molecule has 0 spiro atoms. The van der Waals surface area contributed by atoms with Crippen LogP contribution in [0.5, 0.6) is 11.5 Å². The highest BCUT2D eigenvalue weighted by molar-refractivity contribution is 6.31. The van der Waals surface area contributed by atoms with Crippen molar-refractivity contribution in [2.45, 2.75) is 6.42 Å². The van der Waals surface area contributed by atoms with Crippen molar-refractivity contribution in [3.05, 3.63) is 34.9 Å². The minimum absolute atomic E-state index is 0.135. The van der Waals surface area contributed by atoms with E-state index in [1.165, 1.54) is 25.5 Å². The van der Waals surface area contributed by atoms with E-state index in [4.69, 9.17) is 16.3 Å². The number of hydrogen-bond acceptors (Lipinski definition) is 5. The van der Waals surface area contributed by atoms with Gasteiger partial charge in [-0.1, -0.05) is 23.8 Å². The molecule has 0 radical (unpaired) electrons. The Morgan fingerprint density at radius 1 is 1.25 bits per heavy atom. The topological polar surface area (TPSA) is 79.2 Å². The summed E-state index contributed by atoms with van der Waals surface area (Å²) < 4.78 is 5.03. The Labute approximate surface area is 143 Å². The molecule has 4 rings (SSSR count). The van der Waals surface area contributed by atoms with Gasteiger partial charge in [0.2, 0.25) is 0 Å². The van der Waals surface area contributed by atoms with Crippen LogP contribution in [-0.2, 0) is 9.59 Å². The van der Waals surface area contributed by atoms with E-state index in [9.17, 15) is 14.7 Å². The smallest absolute Gasteiger partial charge is 0.254 e. The minimum atomic E-state index is -0.299. The van der Waals surface area contributed by atoms with E-state index in [1.807, 2.05) is 12.2 Å². The maximum atomic E-state index is 12.5. The lowest BCUT2D eigenvalue weighted by Gasteiger charge is -2.13. The molecule has 1 N–H and O–H groups in total. The van der Waals surface area contributed by atoms with Crippen LogP contribution >= 0.6 is 11.6 Å². The third kappa shape index (κ3) is 2.06. The molecule has 2 bridgehead atoms. The Morgan fingerprint density at radius 3 is 2.46 bits per heavy atom. The molecule has 1 aromatic carbocycles. The number of methoxy groups -OCH3 is 1. The summed E-state index contributed by atoms with van der Waals surface area (Å²) in [5.41, 5.74) is 0.276. The highest BCUT2D eigenvalue weighted by Gasteiger charge is 2.59. The van der Waals surface area contributed by atoms with Crippen molar-refractivity contribution in [2.75, 3.05) is 7.11 Å². The molecule has 124 valence electrons. The van der Waals surface area contributed by atoms with E-state index in [2.05, 4.69) is 5.10 Å². The first kappa shape index (κ1) is 15.2. The molecule has 24 heavy (non-hydrogen) atoms. The van der Waals surface area contributed by atoms with Crippen molar-refractivity contribution < 1.29 is 19.4 Å². The van der Waals surface area contributed by atoms with Gasteiger partial charge >= 0.3 is 0 Å². The molecule has 2 fully saturated rings. The van der Waals surface area contributed by atoms with Crippen LogP contribution in [0.25, 0.3) is 0 Å². The monoisotopic (exact) mass is 346 g/mol. The molecule has 1 aromatic rings. The number of allylic oxidation sites excluding steroid dienone is 2. The SMILES string of the molecule is COc1cc(Cl)cc(/C=N/N2C(=O)C3C4C=CC(C4)C3C2=O)c1O.